The van der Waals surface area contributed by atoms with Crippen LogP contribution < -0.4 is 5.73 Å². The van der Waals surface area contributed by atoms with Gasteiger partial charge in [0.15, 0.2) is 0 Å². The molecule has 0 bridgehead atoms. The Morgan fingerprint density at radius 3 is 2.53 bits per heavy atom. The molecule has 0 aromatic rings. The SMILES string of the molecule is NC(=O)CSCCC(=O)N1CCC(CO)CC1. The van der Waals surface area contributed by atoms with Crippen molar-refractivity contribution in [2.24, 2.45) is 11.7 Å². The zero-order valence-electron chi connectivity index (χ0n) is 9.93. The van der Waals surface area contributed by atoms with Gasteiger partial charge in [-0.05, 0) is 18.8 Å². The third-order valence-corrected chi connectivity index (χ3v) is 3.91. The number of carbonyl (C=O) groups excluding carboxylic acids is 2. The van der Waals surface area contributed by atoms with E-state index in [0.29, 0.717) is 18.1 Å². The van der Waals surface area contributed by atoms with Crippen molar-refractivity contribution in [3.05, 3.63) is 0 Å². The van der Waals surface area contributed by atoms with E-state index in [-0.39, 0.29) is 24.2 Å². The van der Waals surface area contributed by atoms with Crippen LogP contribution in [0.1, 0.15) is 19.3 Å². The number of thioether (sulfide) groups is 1. The summed E-state index contributed by atoms with van der Waals surface area (Å²) in [6.07, 6.45) is 2.23. The number of piperidine rings is 1. The second kappa shape index (κ2) is 7.55. The summed E-state index contributed by atoms with van der Waals surface area (Å²) in [5, 5.41) is 8.99. The molecule has 0 saturated carbocycles. The number of hydrogen-bond acceptors (Lipinski definition) is 4. The molecule has 1 rings (SSSR count). The Bertz CT molecular complexity index is 265. The standard InChI is InChI=1S/C11H20N2O3S/c12-10(15)8-17-6-3-11(16)13-4-1-9(7-14)2-5-13/h9,14H,1-8H2,(H2,12,15). The van der Waals surface area contributed by atoms with Crippen molar-refractivity contribution in [2.45, 2.75) is 19.3 Å². The highest BCUT2D eigenvalue weighted by Gasteiger charge is 2.21. The first kappa shape index (κ1) is 14.3. The molecule has 0 aromatic heterocycles. The Morgan fingerprint density at radius 1 is 1.35 bits per heavy atom. The first-order chi connectivity index (χ1) is 8.13. The van der Waals surface area contributed by atoms with Crippen LogP contribution in [-0.2, 0) is 9.59 Å². The Morgan fingerprint density at radius 2 is 2.00 bits per heavy atom. The maximum Gasteiger partial charge on any atom is 0.227 e. The number of likely N-dealkylation sites (tertiary alicyclic amines) is 1. The number of nitrogens with two attached hydrogens (primary N) is 1. The van der Waals surface area contributed by atoms with Crippen molar-refractivity contribution in [2.75, 3.05) is 31.2 Å². The number of aliphatic hydroxyl groups is 1. The van der Waals surface area contributed by atoms with Gasteiger partial charge in [-0.25, -0.2) is 0 Å². The average Bonchev–Trinajstić information content (AvgIpc) is 2.34. The predicted octanol–water partition coefficient (Wildman–Crippen LogP) is -0.174. The van der Waals surface area contributed by atoms with Gasteiger partial charge in [-0.1, -0.05) is 0 Å². The van der Waals surface area contributed by atoms with E-state index in [2.05, 4.69) is 0 Å². The summed E-state index contributed by atoms with van der Waals surface area (Å²) in [6, 6.07) is 0. The fourth-order valence-electron chi connectivity index (χ4n) is 1.86. The Balaban J connectivity index is 2.14. The van der Waals surface area contributed by atoms with E-state index in [0.717, 1.165) is 25.9 Å². The number of aliphatic hydroxyl groups excluding tert-OH is 1. The van der Waals surface area contributed by atoms with Crippen LogP contribution in [-0.4, -0.2) is 53.0 Å². The quantitative estimate of drug-likeness (QED) is 0.649. The molecule has 3 N–H and O–H groups in total. The first-order valence-corrected chi connectivity index (χ1v) is 7.03. The topological polar surface area (TPSA) is 83.6 Å². The molecule has 1 saturated heterocycles. The molecular formula is C11H20N2O3S. The van der Waals surface area contributed by atoms with Gasteiger partial charge in [0.05, 0.1) is 5.75 Å². The highest BCUT2D eigenvalue weighted by atomic mass is 32.2. The molecule has 0 unspecified atom stereocenters. The highest BCUT2D eigenvalue weighted by Crippen LogP contribution is 2.17. The molecule has 0 atom stereocenters. The molecular weight excluding hydrogens is 240 g/mol. The van der Waals surface area contributed by atoms with Gasteiger partial charge in [-0.15, -0.1) is 0 Å². The van der Waals surface area contributed by atoms with E-state index in [1.807, 2.05) is 4.90 Å². The second-order valence-corrected chi connectivity index (χ2v) is 5.38. The number of primary amides is 1. The van der Waals surface area contributed by atoms with Gasteiger partial charge in [0.25, 0.3) is 0 Å². The molecule has 0 aliphatic carbocycles. The highest BCUT2D eigenvalue weighted by molar-refractivity contribution is 7.99. The number of rotatable bonds is 6. The van der Waals surface area contributed by atoms with Gasteiger partial charge in [-0.3, -0.25) is 9.59 Å². The lowest BCUT2D eigenvalue weighted by Gasteiger charge is -2.31. The summed E-state index contributed by atoms with van der Waals surface area (Å²) >= 11 is 1.40. The molecule has 2 amide bonds. The lowest BCUT2D eigenvalue weighted by atomic mass is 9.98. The maximum absolute atomic E-state index is 11.8. The molecule has 1 aliphatic rings. The molecule has 98 valence electrons. The summed E-state index contributed by atoms with van der Waals surface area (Å²) in [5.74, 6) is 1.06. The van der Waals surface area contributed by atoms with Crippen LogP contribution in [0.25, 0.3) is 0 Å². The van der Waals surface area contributed by atoms with Crippen molar-refractivity contribution < 1.29 is 14.7 Å². The Labute approximate surface area is 106 Å². The van der Waals surface area contributed by atoms with Gasteiger partial charge in [-0.2, -0.15) is 11.8 Å². The smallest absolute Gasteiger partial charge is 0.227 e. The second-order valence-electron chi connectivity index (χ2n) is 4.28. The van der Waals surface area contributed by atoms with Crippen molar-refractivity contribution in [3.8, 4) is 0 Å². The number of carbonyl (C=O) groups is 2. The lowest BCUT2D eigenvalue weighted by Crippen LogP contribution is -2.39. The number of amides is 2. The van der Waals surface area contributed by atoms with E-state index < -0.39 is 0 Å². The molecule has 0 spiro atoms. The normalized spacial score (nSPS) is 17.1. The summed E-state index contributed by atoms with van der Waals surface area (Å²) in [4.78, 5) is 24.1. The minimum absolute atomic E-state index is 0.137. The summed E-state index contributed by atoms with van der Waals surface area (Å²) in [5.41, 5.74) is 5.00. The van der Waals surface area contributed by atoms with Crippen molar-refractivity contribution in [3.63, 3.8) is 0 Å². The molecule has 5 nitrogen and oxygen atoms in total. The molecule has 1 aliphatic heterocycles. The van der Waals surface area contributed by atoms with Gasteiger partial charge >= 0.3 is 0 Å². The molecule has 1 heterocycles. The van der Waals surface area contributed by atoms with Crippen LogP contribution in [0.5, 0.6) is 0 Å². The van der Waals surface area contributed by atoms with Crippen LogP contribution in [0.2, 0.25) is 0 Å². The van der Waals surface area contributed by atoms with E-state index in [4.69, 9.17) is 10.8 Å². The van der Waals surface area contributed by atoms with Gasteiger partial charge < -0.3 is 15.7 Å². The Hall–Kier alpha value is -0.750. The number of hydrogen-bond donors (Lipinski definition) is 2. The third-order valence-electron chi connectivity index (χ3n) is 2.93. The van der Waals surface area contributed by atoms with E-state index >= 15 is 0 Å². The number of nitrogens with zero attached hydrogens (tertiary/aromatic N) is 1. The van der Waals surface area contributed by atoms with Crippen LogP contribution in [0.3, 0.4) is 0 Å². The van der Waals surface area contributed by atoms with Crippen LogP contribution in [0, 0.1) is 5.92 Å². The zero-order chi connectivity index (χ0) is 12.7. The molecule has 0 radical (unpaired) electrons. The van der Waals surface area contributed by atoms with Crippen molar-refractivity contribution in [1.29, 1.82) is 0 Å². The minimum atomic E-state index is -0.341. The summed E-state index contributed by atoms with van der Waals surface area (Å²) in [7, 11) is 0. The Kier molecular flexibility index (Phi) is 6.36. The average molecular weight is 260 g/mol. The maximum atomic E-state index is 11.8. The van der Waals surface area contributed by atoms with Crippen LogP contribution in [0.15, 0.2) is 0 Å². The largest absolute Gasteiger partial charge is 0.396 e. The van der Waals surface area contributed by atoms with Gasteiger partial charge in [0.1, 0.15) is 0 Å². The zero-order valence-corrected chi connectivity index (χ0v) is 10.7. The van der Waals surface area contributed by atoms with Crippen LogP contribution >= 0.6 is 11.8 Å². The summed E-state index contributed by atoms with van der Waals surface area (Å²) < 4.78 is 0. The van der Waals surface area contributed by atoms with E-state index in [1.54, 1.807) is 0 Å². The molecule has 17 heavy (non-hydrogen) atoms. The fraction of sp³-hybridized carbons (Fsp3) is 0.818. The van der Waals surface area contributed by atoms with E-state index in [9.17, 15) is 9.59 Å². The lowest BCUT2D eigenvalue weighted by molar-refractivity contribution is -0.132. The molecule has 0 aromatic carbocycles. The van der Waals surface area contributed by atoms with Crippen LogP contribution in [0.4, 0.5) is 0 Å². The van der Waals surface area contributed by atoms with Gasteiger partial charge in [0, 0.05) is 31.9 Å². The molecule has 1 fully saturated rings. The fourth-order valence-corrected chi connectivity index (χ4v) is 2.52. The van der Waals surface area contributed by atoms with Crippen molar-refractivity contribution >= 4 is 23.6 Å². The summed E-state index contributed by atoms with van der Waals surface area (Å²) in [6.45, 7) is 1.70. The predicted molar refractivity (Wildman–Crippen MR) is 67.5 cm³/mol. The molecule has 6 heteroatoms. The van der Waals surface area contributed by atoms with Crippen molar-refractivity contribution in [1.82, 2.24) is 4.90 Å². The minimum Gasteiger partial charge on any atom is -0.396 e. The van der Waals surface area contributed by atoms with Gasteiger partial charge in [0.2, 0.25) is 11.8 Å². The van der Waals surface area contributed by atoms with E-state index in [1.165, 1.54) is 11.8 Å². The third kappa shape index (κ3) is 5.41. The first-order valence-electron chi connectivity index (χ1n) is 5.88. The monoisotopic (exact) mass is 260 g/mol.